The molecule has 2 aliphatic carbocycles. The summed E-state index contributed by atoms with van der Waals surface area (Å²) in [5.41, 5.74) is 3.17. The van der Waals surface area contributed by atoms with Crippen molar-refractivity contribution in [3.05, 3.63) is 34.2 Å². The third kappa shape index (κ3) is 3.36. The molecule has 2 aliphatic rings. The lowest BCUT2D eigenvalue weighted by Gasteiger charge is -2.26. The third-order valence-corrected chi connectivity index (χ3v) is 5.80. The van der Waals surface area contributed by atoms with Crippen molar-refractivity contribution in [2.75, 3.05) is 0 Å². The third-order valence-electron chi connectivity index (χ3n) is 5.80. The Kier molecular flexibility index (Phi) is 4.72. The average molecular weight is 285 g/mol. The van der Waals surface area contributed by atoms with Gasteiger partial charge >= 0.3 is 0 Å². The molecule has 0 spiro atoms. The fourth-order valence-electron chi connectivity index (χ4n) is 4.12. The summed E-state index contributed by atoms with van der Waals surface area (Å²) in [5.74, 6) is 2.70. The molecule has 2 fully saturated rings. The molecular weight excluding hydrogens is 258 g/mol. The minimum Gasteiger partial charge on any atom is -0.145 e. The number of rotatable bonds is 6. The zero-order valence-electron chi connectivity index (χ0n) is 13.2. The summed E-state index contributed by atoms with van der Waals surface area (Å²) in [5, 5.41) is 3.14. The van der Waals surface area contributed by atoms with Crippen molar-refractivity contribution in [2.24, 2.45) is 17.0 Å². The summed E-state index contributed by atoms with van der Waals surface area (Å²) < 4.78 is 0. The lowest BCUT2D eigenvalue weighted by molar-refractivity contribution is 0.269. The first-order chi connectivity index (χ1) is 10.3. The zero-order valence-corrected chi connectivity index (χ0v) is 13.2. The van der Waals surface area contributed by atoms with Crippen LogP contribution in [-0.4, -0.2) is 0 Å². The Labute approximate surface area is 128 Å². The van der Waals surface area contributed by atoms with E-state index < -0.39 is 0 Å². The van der Waals surface area contributed by atoms with Gasteiger partial charge in [-0.2, -0.15) is 0 Å². The molecule has 2 heteroatoms. The predicted octanol–water partition coefficient (Wildman–Crippen LogP) is 6.11. The maximum atomic E-state index is 10.8. The predicted molar refractivity (Wildman–Crippen MR) is 87.9 cm³/mol. The van der Waals surface area contributed by atoms with Crippen LogP contribution < -0.4 is 0 Å². The molecule has 3 rings (SSSR count). The van der Waals surface area contributed by atoms with E-state index in [0.717, 1.165) is 23.8 Å². The second kappa shape index (κ2) is 6.72. The van der Waals surface area contributed by atoms with Crippen LogP contribution in [0.2, 0.25) is 0 Å². The van der Waals surface area contributed by atoms with E-state index in [0.29, 0.717) is 11.6 Å². The van der Waals surface area contributed by atoms with Gasteiger partial charge in [0, 0.05) is 0 Å². The van der Waals surface area contributed by atoms with Gasteiger partial charge in [-0.3, -0.25) is 0 Å². The molecular formula is C19H27NO. The highest BCUT2D eigenvalue weighted by Crippen LogP contribution is 2.43. The number of nitrogens with zero attached hydrogens (tertiary/aromatic N) is 1. The zero-order chi connectivity index (χ0) is 14.7. The van der Waals surface area contributed by atoms with Gasteiger partial charge in [0.15, 0.2) is 0 Å². The lowest BCUT2D eigenvalue weighted by atomic mass is 9.80. The van der Waals surface area contributed by atoms with Crippen molar-refractivity contribution in [1.29, 1.82) is 0 Å². The molecule has 21 heavy (non-hydrogen) atoms. The summed E-state index contributed by atoms with van der Waals surface area (Å²) in [7, 11) is 0. The van der Waals surface area contributed by atoms with Crippen molar-refractivity contribution < 1.29 is 0 Å². The average Bonchev–Trinajstić information content (AvgIpc) is 2.93. The molecule has 0 aromatic heterocycles. The smallest absolute Gasteiger partial charge is 0.111 e. The largest absolute Gasteiger partial charge is 0.145 e. The van der Waals surface area contributed by atoms with Crippen LogP contribution in [0.4, 0.5) is 5.69 Å². The molecule has 114 valence electrons. The Morgan fingerprint density at radius 3 is 2.57 bits per heavy atom. The number of hydrogen-bond acceptors (Lipinski definition) is 2. The molecule has 1 aromatic rings. The van der Waals surface area contributed by atoms with Crippen LogP contribution in [0.25, 0.3) is 0 Å². The first kappa shape index (κ1) is 14.7. The van der Waals surface area contributed by atoms with Gasteiger partial charge in [0.1, 0.15) is 5.69 Å². The lowest BCUT2D eigenvalue weighted by Crippen LogP contribution is -2.12. The number of aryl methyl sites for hydroxylation is 1. The van der Waals surface area contributed by atoms with Gasteiger partial charge < -0.3 is 0 Å². The van der Waals surface area contributed by atoms with E-state index in [4.69, 9.17) is 0 Å². The van der Waals surface area contributed by atoms with E-state index in [-0.39, 0.29) is 0 Å². The van der Waals surface area contributed by atoms with Crippen LogP contribution in [0, 0.1) is 16.7 Å². The van der Waals surface area contributed by atoms with Gasteiger partial charge in [0.25, 0.3) is 0 Å². The van der Waals surface area contributed by atoms with Gasteiger partial charge in [-0.15, -0.1) is 4.91 Å². The molecule has 0 radical (unpaired) electrons. The maximum Gasteiger partial charge on any atom is 0.111 e. The standard InChI is InChI=1S/C19H27NO/c1-2-16-13-18(10-11-19(16)20-21)17-9-8-15(12-17)7-6-14-4-3-5-14/h10-11,13-15,17H,2-9,12H2,1H3. The van der Waals surface area contributed by atoms with Gasteiger partial charge in [0.05, 0.1) is 0 Å². The van der Waals surface area contributed by atoms with Crippen molar-refractivity contribution in [2.45, 2.75) is 70.6 Å². The maximum absolute atomic E-state index is 10.8. The van der Waals surface area contributed by atoms with Gasteiger partial charge in [-0.1, -0.05) is 51.2 Å². The molecule has 1 aromatic carbocycles. The van der Waals surface area contributed by atoms with Crippen molar-refractivity contribution >= 4 is 5.69 Å². The summed E-state index contributed by atoms with van der Waals surface area (Å²) >= 11 is 0. The summed E-state index contributed by atoms with van der Waals surface area (Å²) in [6, 6.07) is 6.29. The van der Waals surface area contributed by atoms with E-state index in [2.05, 4.69) is 24.2 Å². The van der Waals surface area contributed by atoms with Crippen LogP contribution in [0.15, 0.2) is 23.4 Å². The minimum atomic E-state index is 0.626. The van der Waals surface area contributed by atoms with Gasteiger partial charge in [-0.05, 0) is 65.8 Å². The Bertz CT molecular complexity index is 492. The number of benzene rings is 1. The highest BCUT2D eigenvalue weighted by Gasteiger charge is 2.27. The molecule has 2 unspecified atom stereocenters. The Balaban J connectivity index is 1.58. The van der Waals surface area contributed by atoms with Crippen LogP contribution in [-0.2, 0) is 6.42 Å². The second-order valence-electron chi connectivity index (χ2n) is 7.08. The first-order valence-corrected chi connectivity index (χ1v) is 8.76. The highest BCUT2D eigenvalue weighted by molar-refractivity contribution is 5.48. The van der Waals surface area contributed by atoms with E-state index >= 15 is 0 Å². The van der Waals surface area contributed by atoms with Crippen molar-refractivity contribution in [1.82, 2.24) is 0 Å². The monoisotopic (exact) mass is 285 g/mol. The molecule has 0 bridgehead atoms. The highest BCUT2D eigenvalue weighted by atomic mass is 16.3. The molecule has 2 atom stereocenters. The fraction of sp³-hybridized carbons (Fsp3) is 0.684. The van der Waals surface area contributed by atoms with Crippen LogP contribution in [0.5, 0.6) is 0 Å². The van der Waals surface area contributed by atoms with Crippen LogP contribution in [0.1, 0.15) is 75.3 Å². The molecule has 0 amide bonds. The summed E-state index contributed by atoms with van der Waals surface area (Å²) in [4.78, 5) is 10.8. The van der Waals surface area contributed by atoms with E-state index in [1.165, 1.54) is 56.9 Å². The van der Waals surface area contributed by atoms with E-state index in [1.54, 1.807) is 0 Å². The Hall–Kier alpha value is -1.18. The van der Waals surface area contributed by atoms with Gasteiger partial charge in [0.2, 0.25) is 0 Å². The van der Waals surface area contributed by atoms with Crippen molar-refractivity contribution in [3.8, 4) is 0 Å². The van der Waals surface area contributed by atoms with Crippen LogP contribution in [0.3, 0.4) is 0 Å². The molecule has 0 aliphatic heterocycles. The molecule has 0 heterocycles. The summed E-state index contributed by atoms with van der Waals surface area (Å²) in [6.07, 6.45) is 12.3. The summed E-state index contributed by atoms with van der Waals surface area (Å²) in [6.45, 7) is 2.10. The van der Waals surface area contributed by atoms with E-state index in [9.17, 15) is 4.91 Å². The normalized spacial score (nSPS) is 25.8. The molecule has 0 N–H and O–H groups in total. The number of nitroso groups, excluding NO2 is 1. The van der Waals surface area contributed by atoms with E-state index in [1.807, 2.05) is 6.07 Å². The minimum absolute atomic E-state index is 0.626. The molecule has 2 nitrogen and oxygen atoms in total. The quantitative estimate of drug-likeness (QED) is 0.580. The Morgan fingerprint density at radius 2 is 1.90 bits per heavy atom. The topological polar surface area (TPSA) is 29.4 Å². The number of hydrogen-bond donors (Lipinski definition) is 0. The molecule has 2 saturated carbocycles. The first-order valence-electron chi connectivity index (χ1n) is 8.76. The van der Waals surface area contributed by atoms with Crippen LogP contribution >= 0.6 is 0 Å². The van der Waals surface area contributed by atoms with Crippen molar-refractivity contribution in [3.63, 3.8) is 0 Å². The molecule has 0 saturated heterocycles. The Morgan fingerprint density at radius 1 is 1.10 bits per heavy atom. The fourth-order valence-corrected chi connectivity index (χ4v) is 4.12. The second-order valence-corrected chi connectivity index (χ2v) is 7.08. The SMILES string of the molecule is CCc1cc(C2CCC(CCC3CCC3)C2)ccc1N=O. The van der Waals surface area contributed by atoms with Gasteiger partial charge in [-0.25, -0.2) is 0 Å².